The second kappa shape index (κ2) is 7.94. The van der Waals surface area contributed by atoms with Crippen LogP contribution < -0.4 is 0 Å². The summed E-state index contributed by atoms with van der Waals surface area (Å²) in [5, 5.41) is 5.32. The van der Waals surface area contributed by atoms with Crippen molar-refractivity contribution in [2.24, 2.45) is 0 Å². The van der Waals surface area contributed by atoms with Crippen LogP contribution in [-0.2, 0) is 9.53 Å². The van der Waals surface area contributed by atoms with Gasteiger partial charge in [0.15, 0.2) is 6.61 Å². The third kappa shape index (κ3) is 3.89. The summed E-state index contributed by atoms with van der Waals surface area (Å²) in [6, 6.07) is 7.93. The number of fused-ring (bicyclic) bond motifs is 1. The number of hydrogen-bond donors (Lipinski definition) is 0. The molecule has 1 atom stereocenters. The Balaban J connectivity index is 1.50. The first-order chi connectivity index (χ1) is 13.9. The minimum atomic E-state index is -0.519. The predicted octanol–water partition coefficient (Wildman–Crippen LogP) is 4.09. The molecule has 1 amide bonds. The molecule has 0 radical (unpaired) electrons. The second-order valence-corrected chi connectivity index (χ2v) is 8.34. The molecule has 0 spiro atoms. The molecular weight excluding hydrogens is 393 g/mol. The molecule has 6 nitrogen and oxygen atoms in total. The van der Waals surface area contributed by atoms with Crippen molar-refractivity contribution in [2.75, 3.05) is 13.2 Å². The summed E-state index contributed by atoms with van der Waals surface area (Å²) in [7, 11) is 0. The van der Waals surface area contributed by atoms with E-state index in [2.05, 4.69) is 5.10 Å². The zero-order chi connectivity index (χ0) is 20.5. The molecule has 152 valence electrons. The Labute approximate surface area is 171 Å². The van der Waals surface area contributed by atoms with Crippen LogP contribution >= 0.6 is 11.3 Å². The number of halogens is 1. The highest BCUT2D eigenvalue weighted by Crippen LogP contribution is 2.31. The molecule has 1 fully saturated rings. The highest BCUT2D eigenvalue weighted by molar-refractivity contribution is 7.20. The SMILES string of the molecule is Cc1nn(-c2ccc(F)cc2)c2sc(C(=O)OCC(=O)N3CCCC[C@H]3C)cc12. The Kier molecular flexibility index (Phi) is 5.36. The van der Waals surface area contributed by atoms with Crippen LogP contribution in [0, 0.1) is 12.7 Å². The maximum atomic E-state index is 13.2. The lowest BCUT2D eigenvalue weighted by Gasteiger charge is -2.33. The molecule has 8 heteroatoms. The fraction of sp³-hybridized carbons (Fsp3) is 0.381. The maximum absolute atomic E-state index is 13.2. The standard InChI is InChI=1S/C21H22FN3O3S/c1-13-5-3-4-10-24(13)19(26)12-28-21(27)18-11-17-14(2)23-25(20(17)29-18)16-8-6-15(22)7-9-16/h6-9,11,13H,3-5,10,12H2,1-2H3/t13-/m1/s1. The number of aryl methyl sites for hydroxylation is 1. The van der Waals surface area contributed by atoms with E-state index < -0.39 is 5.97 Å². The molecule has 3 heterocycles. The first kappa shape index (κ1) is 19.6. The number of amides is 1. The number of esters is 1. The van der Waals surface area contributed by atoms with E-state index in [1.54, 1.807) is 27.8 Å². The average molecular weight is 415 g/mol. The number of thiophene rings is 1. The van der Waals surface area contributed by atoms with Crippen molar-refractivity contribution >= 4 is 33.4 Å². The van der Waals surface area contributed by atoms with Crippen LogP contribution in [0.3, 0.4) is 0 Å². The molecule has 0 bridgehead atoms. The van der Waals surface area contributed by atoms with E-state index in [0.717, 1.165) is 35.2 Å². The molecule has 0 N–H and O–H groups in total. The number of carbonyl (C=O) groups excluding carboxylic acids is 2. The number of carbonyl (C=O) groups is 2. The van der Waals surface area contributed by atoms with Gasteiger partial charge in [-0.3, -0.25) is 4.79 Å². The summed E-state index contributed by atoms with van der Waals surface area (Å²) < 4.78 is 20.2. The fourth-order valence-electron chi connectivity index (χ4n) is 3.66. The molecule has 29 heavy (non-hydrogen) atoms. The van der Waals surface area contributed by atoms with Crippen molar-refractivity contribution < 1.29 is 18.7 Å². The highest BCUT2D eigenvalue weighted by atomic mass is 32.1. The summed E-state index contributed by atoms with van der Waals surface area (Å²) >= 11 is 1.25. The molecule has 1 aliphatic heterocycles. The van der Waals surface area contributed by atoms with Crippen LogP contribution in [0.15, 0.2) is 30.3 Å². The van der Waals surface area contributed by atoms with Crippen molar-refractivity contribution in [3.05, 3.63) is 46.7 Å². The third-order valence-electron chi connectivity index (χ3n) is 5.27. The average Bonchev–Trinajstić information content (AvgIpc) is 3.28. The molecule has 3 aromatic rings. The largest absolute Gasteiger partial charge is 0.451 e. The molecule has 1 aliphatic rings. The summed E-state index contributed by atoms with van der Waals surface area (Å²) in [6.45, 7) is 4.34. The van der Waals surface area contributed by atoms with Gasteiger partial charge in [-0.1, -0.05) is 0 Å². The van der Waals surface area contributed by atoms with Gasteiger partial charge < -0.3 is 9.64 Å². The van der Waals surface area contributed by atoms with Crippen LogP contribution in [0.25, 0.3) is 15.9 Å². The second-order valence-electron chi connectivity index (χ2n) is 7.31. The van der Waals surface area contributed by atoms with Gasteiger partial charge in [-0.05, 0) is 63.4 Å². The Morgan fingerprint density at radius 3 is 2.76 bits per heavy atom. The quantitative estimate of drug-likeness (QED) is 0.602. The molecule has 0 saturated carbocycles. The van der Waals surface area contributed by atoms with Gasteiger partial charge in [-0.15, -0.1) is 11.3 Å². The smallest absolute Gasteiger partial charge is 0.348 e. The van der Waals surface area contributed by atoms with Crippen molar-refractivity contribution in [3.8, 4) is 5.69 Å². The summed E-state index contributed by atoms with van der Waals surface area (Å²) in [6.07, 6.45) is 3.09. The minimum Gasteiger partial charge on any atom is -0.451 e. The van der Waals surface area contributed by atoms with Crippen molar-refractivity contribution in [1.29, 1.82) is 0 Å². The third-order valence-corrected chi connectivity index (χ3v) is 6.36. The Morgan fingerprint density at radius 2 is 2.03 bits per heavy atom. The van der Waals surface area contributed by atoms with Gasteiger partial charge in [0.1, 0.15) is 15.5 Å². The fourth-order valence-corrected chi connectivity index (χ4v) is 4.73. The first-order valence-corrected chi connectivity index (χ1v) is 10.5. The molecule has 0 aliphatic carbocycles. The predicted molar refractivity (Wildman–Crippen MR) is 109 cm³/mol. The van der Waals surface area contributed by atoms with Gasteiger partial charge >= 0.3 is 5.97 Å². The highest BCUT2D eigenvalue weighted by Gasteiger charge is 2.25. The van der Waals surface area contributed by atoms with Gasteiger partial charge in [0.05, 0.1) is 11.4 Å². The monoisotopic (exact) mass is 415 g/mol. The number of nitrogens with zero attached hydrogens (tertiary/aromatic N) is 3. The topological polar surface area (TPSA) is 64.4 Å². The van der Waals surface area contributed by atoms with Crippen LogP contribution in [0.4, 0.5) is 4.39 Å². The van der Waals surface area contributed by atoms with Gasteiger partial charge in [0.25, 0.3) is 5.91 Å². The Bertz CT molecular complexity index is 1060. The zero-order valence-corrected chi connectivity index (χ0v) is 17.2. The molecule has 4 rings (SSSR count). The summed E-state index contributed by atoms with van der Waals surface area (Å²) in [5.74, 6) is -0.994. The Morgan fingerprint density at radius 1 is 1.28 bits per heavy atom. The molecule has 1 aromatic carbocycles. The van der Waals surface area contributed by atoms with Crippen molar-refractivity contribution in [2.45, 2.75) is 39.2 Å². The van der Waals surface area contributed by atoms with E-state index in [-0.39, 0.29) is 24.4 Å². The van der Waals surface area contributed by atoms with Crippen molar-refractivity contribution in [1.82, 2.24) is 14.7 Å². The van der Waals surface area contributed by atoms with Gasteiger partial charge in [0, 0.05) is 18.0 Å². The number of benzene rings is 1. The van der Waals surface area contributed by atoms with Crippen molar-refractivity contribution in [3.63, 3.8) is 0 Å². The lowest BCUT2D eigenvalue weighted by Crippen LogP contribution is -2.44. The lowest BCUT2D eigenvalue weighted by atomic mass is 10.0. The number of rotatable bonds is 4. The maximum Gasteiger partial charge on any atom is 0.348 e. The van der Waals surface area contributed by atoms with E-state index in [1.807, 2.05) is 13.8 Å². The summed E-state index contributed by atoms with van der Waals surface area (Å²) in [4.78, 5) is 27.9. The van der Waals surface area contributed by atoms with Crippen LogP contribution in [0.1, 0.15) is 41.6 Å². The van der Waals surface area contributed by atoms with Crippen LogP contribution in [0.2, 0.25) is 0 Å². The number of aromatic nitrogens is 2. The first-order valence-electron chi connectivity index (χ1n) is 9.66. The van der Waals surface area contributed by atoms with Gasteiger partial charge in [-0.25, -0.2) is 13.9 Å². The number of ether oxygens (including phenoxy) is 1. The van der Waals surface area contributed by atoms with Crippen LogP contribution in [-0.4, -0.2) is 45.8 Å². The van der Waals surface area contributed by atoms with E-state index >= 15 is 0 Å². The summed E-state index contributed by atoms with van der Waals surface area (Å²) in [5.41, 5.74) is 1.47. The minimum absolute atomic E-state index is 0.152. The van der Waals surface area contributed by atoms with Gasteiger partial charge in [0.2, 0.25) is 0 Å². The van der Waals surface area contributed by atoms with Gasteiger partial charge in [-0.2, -0.15) is 5.10 Å². The number of likely N-dealkylation sites (tertiary alicyclic amines) is 1. The molecule has 0 unspecified atom stereocenters. The van der Waals surface area contributed by atoms with E-state index in [9.17, 15) is 14.0 Å². The lowest BCUT2D eigenvalue weighted by molar-refractivity contribution is -0.137. The van der Waals surface area contributed by atoms with E-state index in [4.69, 9.17) is 4.74 Å². The van der Waals surface area contributed by atoms with E-state index in [0.29, 0.717) is 17.1 Å². The van der Waals surface area contributed by atoms with E-state index in [1.165, 1.54) is 23.5 Å². The number of piperidine rings is 1. The number of hydrogen-bond acceptors (Lipinski definition) is 5. The zero-order valence-electron chi connectivity index (χ0n) is 16.4. The molecular formula is C21H22FN3O3S. The molecule has 1 saturated heterocycles. The van der Waals surface area contributed by atoms with Crippen LogP contribution in [0.5, 0.6) is 0 Å². The Hall–Kier alpha value is -2.74. The molecule has 2 aromatic heterocycles. The normalized spacial score (nSPS) is 16.9.